The Bertz CT molecular complexity index is 1000. The average molecular weight is 406 g/mol. The van der Waals surface area contributed by atoms with Gasteiger partial charge in [0.1, 0.15) is 5.82 Å². The van der Waals surface area contributed by atoms with Gasteiger partial charge in [0.2, 0.25) is 10.0 Å². The van der Waals surface area contributed by atoms with E-state index >= 15 is 0 Å². The van der Waals surface area contributed by atoms with Crippen LogP contribution >= 0.6 is 11.6 Å². The van der Waals surface area contributed by atoms with Crippen molar-refractivity contribution in [2.75, 3.05) is 0 Å². The fourth-order valence-electron chi connectivity index (χ4n) is 2.86. The second-order valence-electron chi connectivity index (χ2n) is 6.04. The molecule has 2 heterocycles. The molecule has 27 heavy (non-hydrogen) atoms. The van der Waals surface area contributed by atoms with Gasteiger partial charge in [-0.1, -0.05) is 17.7 Å². The quantitative estimate of drug-likeness (QED) is 0.652. The Balaban J connectivity index is 1.97. The third-order valence-electron chi connectivity index (χ3n) is 4.18. The second kappa shape index (κ2) is 8.16. The van der Waals surface area contributed by atoms with Gasteiger partial charge in [-0.25, -0.2) is 13.1 Å². The van der Waals surface area contributed by atoms with Crippen LogP contribution in [0.2, 0.25) is 5.02 Å². The van der Waals surface area contributed by atoms with E-state index in [0.717, 1.165) is 11.4 Å². The minimum absolute atomic E-state index is 0.141. The summed E-state index contributed by atoms with van der Waals surface area (Å²) in [7, 11) is -3.77. The Morgan fingerprint density at radius 2 is 1.93 bits per heavy atom. The number of hydrogen-bond donors (Lipinski definition) is 1. The molecule has 0 aliphatic rings. The van der Waals surface area contributed by atoms with E-state index in [9.17, 15) is 8.42 Å². The van der Waals surface area contributed by atoms with E-state index < -0.39 is 16.1 Å². The van der Waals surface area contributed by atoms with Crippen LogP contribution in [0.1, 0.15) is 30.2 Å². The fraction of sp³-hybridized carbons (Fsp3) is 0.278. The van der Waals surface area contributed by atoms with Gasteiger partial charge in [0.25, 0.3) is 0 Å². The summed E-state index contributed by atoms with van der Waals surface area (Å²) < 4.78 is 30.4. The molecule has 0 saturated carbocycles. The van der Waals surface area contributed by atoms with Gasteiger partial charge >= 0.3 is 0 Å². The maximum Gasteiger partial charge on any atom is 0.241 e. The van der Waals surface area contributed by atoms with E-state index in [1.807, 2.05) is 30.5 Å². The molecule has 0 fully saturated rings. The SMILES string of the molecule is CCn1c(C)nnc1C(Cc1cccnc1)NS(=O)(=O)c1ccc(Cl)cc1. The highest BCUT2D eigenvalue weighted by molar-refractivity contribution is 7.89. The van der Waals surface area contributed by atoms with Gasteiger partial charge in [-0.05, 0) is 56.2 Å². The molecule has 1 N–H and O–H groups in total. The molecule has 1 unspecified atom stereocenters. The van der Waals surface area contributed by atoms with Gasteiger partial charge in [-0.2, -0.15) is 0 Å². The first-order valence-corrected chi connectivity index (χ1v) is 10.3. The molecule has 9 heteroatoms. The molecule has 1 atom stereocenters. The molecule has 0 radical (unpaired) electrons. The second-order valence-corrected chi connectivity index (χ2v) is 8.19. The molecule has 0 aliphatic carbocycles. The highest BCUT2D eigenvalue weighted by Gasteiger charge is 2.26. The summed E-state index contributed by atoms with van der Waals surface area (Å²) in [5.41, 5.74) is 0.893. The van der Waals surface area contributed by atoms with E-state index in [0.29, 0.717) is 23.8 Å². The first kappa shape index (κ1) is 19.5. The van der Waals surface area contributed by atoms with Crippen molar-refractivity contribution >= 4 is 21.6 Å². The number of nitrogens with one attached hydrogen (secondary N) is 1. The Hall–Kier alpha value is -2.29. The number of aromatic nitrogens is 4. The topological polar surface area (TPSA) is 89.8 Å². The largest absolute Gasteiger partial charge is 0.314 e. The Morgan fingerprint density at radius 3 is 2.56 bits per heavy atom. The Labute approximate surface area is 163 Å². The standard InChI is InChI=1S/C18H20ClN5O2S/c1-3-24-13(2)21-22-18(24)17(11-14-5-4-10-20-12-14)23-27(25,26)16-8-6-15(19)7-9-16/h4-10,12,17,23H,3,11H2,1-2H3. The van der Waals surface area contributed by atoms with Crippen LogP contribution in [0.4, 0.5) is 0 Å². The van der Waals surface area contributed by atoms with Crippen LogP contribution in [0.25, 0.3) is 0 Å². The number of sulfonamides is 1. The van der Waals surface area contributed by atoms with Gasteiger partial charge in [-0.15, -0.1) is 10.2 Å². The van der Waals surface area contributed by atoms with E-state index in [1.165, 1.54) is 12.1 Å². The predicted octanol–water partition coefficient (Wildman–Crippen LogP) is 2.92. The maximum absolute atomic E-state index is 12.9. The third-order valence-corrected chi connectivity index (χ3v) is 5.92. The first-order valence-electron chi connectivity index (χ1n) is 8.47. The van der Waals surface area contributed by atoms with Crippen LogP contribution in [-0.2, 0) is 23.0 Å². The minimum Gasteiger partial charge on any atom is -0.314 e. The van der Waals surface area contributed by atoms with Gasteiger partial charge in [0.15, 0.2) is 5.82 Å². The highest BCUT2D eigenvalue weighted by Crippen LogP contribution is 2.22. The average Bonchev–Trinajstić information content (AvgIpc) is 3.03. The van der Waals surface area contributed by atoms with Crippen molar-refractivity contribution < 1.29 is 8.42 Å². The number of rotatable bonds is 7. The van der Waals surface area contributed by atoms with E-state index in [2.05, 4.69) is 19.9 Å². The van der Waals surface area contributed by atoms with Crippen molar-refractivity contribution in [3.8, 4) is 0 Å². The Kier molecular flexibility index (Phi) is 5.88. The molecular weight excluding hydrogens is 386 g/mol. The normalized spacial score (nSPS) is 12.9. The summed E-state index contributed by atoms with van der Waals surface area (Å²) in [4.78, 5) is 4.25. The molecule has 0 spiro atoms. The molecule has 0 saturated heterocycles. The maximum atomic E-state index is 12.9. The highest BCUT2D eigenvalue weighted by atomic mass is 35.5. The summed E-state index contributed by atoms with van der Waals surface area (Å²) in [6, 6.07) is 9.17. The van der Waals surface area contributed by atoms with Crippen molar-refractivity contribution in [1.82, 2.24) is 24.5 Å². The number of halogens is 1. The molecule has 3 rings (SSSR count). The molecule has 2 aromatic heterocycles. The van der Waals surface area contributed by atoms with Crippen LogP contribution in [0.3, 0.4) is 0 Å². The summed E-state index contributed by atoms with van der Waals surface area (Å²) >= 11 is 5.87. The van der Waals surface area contributed by atoms with Crippen molar-refractivity contribution in [3.63, 3.8) is 0 Å². The summed E-state index contributed by atoms with van der Waals surface area (Å²) in [5, 5.41) is 8.80. The monoisotopic (exact) mass is 405 g/mol. The van der Waals surface area contributed by atoms with Crippen molar-refractivity contribution in [2.24, 2.45) is 0 Å². The van der Waals surface area contributed by atoms with Crippen molar-refractivity contribution in [3.05, 3.63) is 71.0 Å². The molecule has 1 aromatic carbocycles. The first-order chi connectivity index (χ1) is 12.9. The van der Waals surface area contributed by atoms with Crippen molar-refractivity contribution in [2.45, 2.75) is 37.8 Å². The number of pyridine rings is 1. The van der Waals surface area contributed by atoms with Crippen LogP contribution < -0.4 is 4.72 Å². The molecule has 0 amide bonds. The minimum atomic E-state index is -3.77. The lowest BCUT2D eigenvalue weighted by atomic mass is 10.1. The molecular formula is C18H20ClN5O2S. The van der Waals surface area contributed by atoms with Crippen LogP contribution in [-0.4, -0.2) is 28.2 Å². The van der Waals surface area contributed by atoms with Crippen LogP contribution in [0, 0.1) is 6.92 Å². The van der Waals surface area contributed by atoms with Gasteiger partial charge in [-0.3, -0.25) is 4.98 Å². The molecule has 0 bridgehead atoms. The number of aryl methyl sites for hydroxylation is 1. The molecule has 0 aliphatic heterocycles. The third kappa shape index (κ3) is 4.52. The predicted molar refractivity (Wildman–Crippen MR) is 103 cm³/mol. The number of hydrogen-bond acceptors (Lipinski definition) is 5. The molecule has 142 valence electrons. The lowest BCUT2D eigenvalue weighted by molar-refractivity contribution is 0.522. The fourth-order valence-corrected chi connectivity index (χ4v) is 4.18. The van der Waals surface area contributed by atoms with E-state index in [4.69, 9.17) is 11.6 Å². The lowest BCUT2D eigenvalue weighted by Crippen LogP contribution is -2.32. The smallest absolute Gasteiger partial charge is 0.241 e. The Morgan fingerprint density at radius 1 is 1.19 bits per heavy atom. The molecule has 3 aromatic rings. The zero-order valence-corrected chi connectivity index (χ0v) is 16.6. The van der Waals surface area contributed by atoms with Gasteiger partial charge in [0, 0.05) is 24.0 Å². The van der Waals surface area contributed by atoms with Gasteiger partial charge in [0.05, 0.1) is 10.9 Å². The van der Waals surface area contributed by atoms with E-state index in [-0.39, 0.29) is 4.90 Å². The van der Waals surface area contributed by atoms with E-state index in [1.54, 1.807) is 24.5 Å². The number of benzene rings is 1. The summed E-state index contributed by atoms with van der Waals surface area (Å²) in [6.07, 6.45) is 3.79. The molecule has 7 nitrogen and oxygen atoms in total. The summed E-state index contributed by atoms with van der Waals surface area (Å²) in [5.74, 6) is 1.30. The van der Waals surface area contributed by atoms with Crippen LogP contribution in [0.15, 0.2) is 53.7 Å². The lowest BCUT2D eigenvalue weighted by Gasteiger charge is -2.19. The van der Waals surface area contributed by atoms with Gasteiger partial charge < -0.3 is 4.57 Å². The van der Waals surface area contributed by atoms with Crippen LogP contribution in [0.5, 0.6) is 0 Å². The zero-order chi connectivity index (χ0) is 19.4. The van der Waals surface area contributed by atoms with Crippen molar-refractivity contribution in [1.29, 1.82) is 0 Å². The summed E-state index contributed by atoms with van der Waals surface area (Å²) in [6.45, 7) is 4.45. The zero-order valence-electron chi connectivity index (χ0n) is 15.0. The number of nitrogens with zero attached hydrogens (tertiary/aromatic N) is 4.